The van der Waals surface area contributed by atoms with Crippen molar-refractivity contribution in [3.8, 4) is 23.3 Å². The number of alkyl halides is 3. The van der Waals surface area contributed by atoms with E-state index in [-0.39, 0.29) is 22.8 Å². The van der Waals surface area contributed by atoms with Crippen molar-refractivity contribution >= 4 is 29.0 Å². The third kappa shape index (κ3) is 7.04. The summed E-state index contributed by atoms with van der Waals surface area (Å²) < 4.78 is 60.3. The van der Waals surface area contributed by atoms with Crippen molar-refractivity contribution in [1.29, 1.82) is 5.26 Å². The van der Waals surface area contributed by atoms with Crippen LogP contribution in [-0.2, 0) is 17.4 Å². The van der Waals surface area contributed by atoms with Crippen molar-refractivity contribution in [2.45, 2.75) is 78.0 Å². The van der Waals surface area contributed by atoms with E-state index in [4.69, 9.17) is 19.5 Å². The molecule has 0 spiro atoms. The maximum absolute atomic E-state index is 14.0. The minimum atomic E-state index is -4.71. The number of nitriles is 1. The van der Waals surface area contributed by atoms with Gasteiger partial charge in [0.05, 0.1) is 23.1 Å². The molecule has 2 aliphatic rings. The number of benzene rings is 2. The van der Waals surface area contributed by atoms with Crippen molar-refractivity contribution in [1.82, 2.24) is 5.32 Å². The number of hydrogen-bond acceptors (Lipinski definition) is 7. The molecule has 2 aromatic rings. The molecule has 0 aliphatic carbocycles. The van der Waals surface area contributed by atoms with E-state index in [0.717, 1.165) is 53.3 Å². The van der Waals surface area contributed by atoms with Crippen LogP contribution in [0.3, 0.4) is 0 Å². The van der Waals surface area contributed by atoms with Crippen LogP contribution < -0.4 is 19.5 Å². The topological polar surface area (TPSA) is 97.6 Å². The average molecular weight is 603 g/mol. The van der Waals surface area contributed by atoms with E-state index in [2.05, 4.69) is 11.4 Å². The van der Waals surface area contributed by atoms with Gasteiger partial charge in [0.2, 0.25) is 0 Å². The first kappa shape index (κ1) is 31.3. The van der Waals surface area contributed by atoms with Crippen LogP contribution in [0.25, 0.3) is 6.08 Å². The summed E-state index contributed by atoms with van der Waals surface area (Å²) in [6.45, 7) is 8.18. The molecule has 7 nitrogen and oxygen atoms in total. The van der Waals surface area contributed by atoms with Gasteiger partial charge in [0.1, 0.15) is 29.5 Å². The molecule has 1 atom stereocenters. The zero-order valence-corrected chi connectivity index (χ0v) is 24.8. The number of nitrogens with one attached hydrogen (secondary N) is 1. The van der Waals surface area contributed by atoms with Gasteiger partial charge in [0, 0.05) is 12.0 Å². The summed E-state index contributed by atoms with van der Waals surface area (Å²) in [5.41, 5.74) is 2.16. The van der Waals surface area contributed by atoms with Crippen molar-refractivity contribution in [2.24, 2.45) is 0 Å². The van der Waals surface area contributed by atoms with E-state index in [1.165, 1.54) is 18.2 Å². The molecule has 224 valence electrons. The number of thioether (sulfide) groups is 1. The van der Waals surface area contributed by atoms with E-state index in [1.54, 1.807) is 0 Å². The summed E-state index contributed by atoms with van der Waals surface area (Å²) in [4.78, 5) is 23.2. The largest absolute Gasteiger partial charge is 0.493 e. The SMILES string of the molecule is Cc1c(C)c2c(c(C)c1OCCCCCC#N)CCC(C)(COc1ccc(/C=C3/SC(=O)NC3=O)cc1C(F)(F)F)O2. The van der Waals surface area contributed by atoms with Gasteiger partial charge in [-0.2, -0.15) is 18.4 Å². The normalized spacial score (nSPS) is 19.2. The summed E-state index contributed by atoms with van der Waals surface area (Å²) >= 11 is 0.635. The van der Waals surface area contributed by atoms with Crippen LogP contribution in [0.4, 0.5) is 18.0 Å². The standard InChI is InChI=1S/C31H33F3N2O5S/c1-18-19(2)27-22(20(3)26(18)39-14-8-6-5-7-13-35)11-12-30(4,41-27)17-40-24-10-9-21(15-23(24)31(32,33)34)16-25-28(37)36-29(38)42-25/h9-10,15-16H,5-8,11-12,14,17H2,1-4H3,(H,36,37,38)/b25-16+. The Morgan fingerprint density at radius 2 is 1.88 bits per heavy atom. The van der Waals surface area contributed by atoms with Crippen LogP contribution in [0.15, 0.2) is 23.1 Å². The summed E-state index contributed by atoms with van der Waals surface area (Å²) in [7, 11) is 0. The Bertz CT molecular complexity index is 1460. The lowest BCUT2D eigenvalue weighted by Gasteiger charge is -2.38. The Morgan fingerprint density at radius 1 is 1.12 bits per heavy atom. The number of unbranched alkanes of at least 4 members (excludes halogenated alkanes) is 3. The third-order valence-corrected chi connectivity index (χ3v) is 8.34. The zero-order chi connectivity index (χ0) is 30.7. The quantitative estimate of drug-likeness (QED) is 0.221. The first-order valence-corrected chi connectivity index (χ1v) is 14.5. The van der Waals surface area contributed by atoms with Gasteiger partial charge in [-0.1, -0.05) is 6.07 Å². The predicted octanol–water partition coefficient (Wildman–Crippen LogP) is 7.58. The second-order valence-corrected chi connectivity index (χ2v) is 11.8. The maximum Gasteiger partial charge on any atom is 0.419 e. The van der Waals surface area contributed by atoms with Gasteiger partial charge in [0.25, 0.3) is 11.1 Å². The monoisotopic (exact) mass is 602 g/mol. The fraction of sp³-hybridized carbons (Fsp3) is 0.452. The van der Waals surface area contributed by atoms with E-state index in [9.17, 15) is 22.8 Å². The second-order valence-electron chi connectivity index (χ2n) is 10.8. The van der Waals surface area contributed by atoms with Gasteiger partial charge in [-0.15, -0.1) is 0 Å². The summed E-state index contributed by atoms with van der Waals surface area (Å²) in [6.07, 6.45) is 0.886. The highest BCUT2D eigenvalue weighted by Gasteiger charge is 2.38. The first-order chi connectivity index (χ1) is 19.8. The Hall–Kier alpha value is -3.65. The molecule has 2 amide bonds. The van der Waals surface area contributed by atoms with Crippen molar-refractivity contribution in [3.05, 3.63) is 56.5 Å². The van der Waals surface area contributed by atoms with Crippen LogP contribution in [0.1, 0.15) is 72.4 Å². The molecule has 1 N–H and O–H groups in total. The lowest BCUT2D eigenvalue weighted by molar-refractivity contribution is -0.139. The molecule has 0 radical (unpaired) electrons. The number of rotatable bonds is 10. The number of halogens is 3. The van der Waals surface area contributed by atoms with E-state index in [1.807, 2.05) is 27.7 Å². The van der Waals surface area contributed by atoms with Gasteiger partial charge < -0.3 is 14.2 Å². The highest BCUT2D eigenvalue weighted by Crippen LogP contribution is 2.44. The van der Waals surface area contributed by atoms with Crippen LogP contribution in [0.2, 0.25) is 0 Å². The predicted molar refractivity (Wildman–Crippen MR) is 154 cm³/mol. The smallest absolute Gasteiger partial charge is 0.419 e. The van der Waals surface area contributed by atoms with Crippen LogP contribution in [0, 0.1) is 32.1 Å². The second kappa shape index (κ2) is 12.7. The number of imide groups is 1. The summed E-state index contributed by atoms with van der Waals surface area (Å²) in [5, 5.41) is 10.2. The maximum atomic E-state index is 14.0. The zero-order valence-electron chi connectivity index (χ0n) is 24.0. The lowest BCUT2D eigenvalue weighted by atomic mass is 9.87. The number of carbonyl (C=O) groups excluding carboxylic acids is 2. The molecule has 42 heavy (non-hydrogen) atoms. The Balaban J connectivity index is 1.49. The molecule has 2 aromatic carbocycles. The Kier molecular flexibility index (Phi) is 9.46. The third-order valence-electron chi connectivity index (χ3n) is 7.52. The van der Waals surface area contributed by atoms with Crippen molar-refractivity contribution < 1.29 is 37.0 Å². The first-order valence-electron chi connectivity index (χ1n) is 13.7. The lowest BCUT2D eigenvalue weighted by Crippen LogP contribution is -2.42. The highest BCUT2D eigenvalue weighted by molar-refractivity contribution is 8.18. The van der Waals surface area contributed by atoms with Crippen LogP contribution in [0.5, 0.6) is 17.2 Å². The van der Waals surface area contributed by atoms with Gasteiger partial charge in [-0.25, -0.2) is 0 Å². The molecular formula is C31H33F3N2O5S. The van der Waals surface area contributed by atoms with Crippen LogP contribution in [-0.4, -0.2) is 30.0 Å². The molecule has 2 heterocycles. The number of fused-ring (bicyclic) bond motifs is 1. The number of carbonyl (C=O) groups is 2. The molecule has 0 aromatic heterocycles. The molecule has 4 rings (SSSR count). The molecule has 1 unspecified atom stereocenters. The fourth-order valence-electron chi connectivity index (χ4n) is 5.04. The van der Waals surface area contributed by atoms with Crippen LogP contribution >= 0.6 is 11.8 Å². The Labute approximate surface area is 247 Å². The average Bonchev–Trinajstić information content (AvgIpc) is 3.25. The van der Waals surface area contributed by atoms with Crippen molar-refractivity contribution in [2.75, 3.05) is 13.2 Å². The summed E-state index contributed by atoms with van der Waals surface area (Å²) in [6, 6.07) is 5.68. The van der Waals surface area contributed by atoms with E-state index in [0.29, 0.717) is 43.4 Å². The van der Waals surface area contributed by atoms with Gasteiger partial charge >= 0.3 is 6.18 Å². The molecule has 2 aliphatic heterocycles. The molecular weight excluding hydrogens is 569 g/mol. The molecule has 0 bridgehead atoms. The Morgan fingerprint density at radius 3 is 2.55 bits per heavy atom. The van der Waals surface area contributed by atoms with E-state index < -0.39 is 28.5 Å². The highest BCUT2D eigenvalue weighted by atomic mass is 32.2. The number of ether oxygens (including phenoxy) is 3. The minimum Gasteiger partial charge on any atom is -0.493 e. The summed E-state index contributed by atoms with van der Waals surface area (Å²) in [5.74, 6) is 0.553. The number of nitrogens with zero attached hydrogens (tertiary/aromatic N) is 1. The molecule has 1 saturated heterocycles. The number of hydrogen-bond donors (Lipinski definition) is 1. The fourth-order valence-corrected chi connectivity index (χ4v) is 5.73. The van der Waals surface area contributed by atoms with Crippen molar-refractivity contribution in [3.63, 3.8) is 0 Å². The van der Waals surface area contributed by atoms with Gasteiger partial charge in [-0.05, 0) is 112 Å². The molecule has 11 heteroatoms. The van der Waals surface area contributed by atoms with E-state index >= 15 is 0 Å². The minimum absolute atomic E-state index is 0.0219. The van der Waals surface area contributed by atoms with Gasteiger partial charge in [0.15, 0.2) is 0 Å². The van der Waals surface area contributed by atoms with Gasteiger partial charge in [-0.3, -0.25) is 14.9 Å². The number of amides is 2. The molecule has 0 saturated carbocycles. The molecule has 1 fully saturated rings.